The molecule has 0 aromatic carbocycles. The molecule has 0 atom stereocenters. The van der Waals surface area contributed by atoms with Crippen LogP contribution in [0.15, 0.2) is 37.2 Å². The van der Waals surface area contributed by atoms with Crippen molar-refractivity contribution in [1.29, 1.82) is 0 Å². The van der Waals surface area contributed by atoms with Crippen molar-refractivity contribution in [3.8, 4) is 0 Å². The lowest BCUT2D eigenvalue weighted by Crippen LogP contribution is -1.50. The second-order valence-corrected chi connectivity index (χ2v) is 7.26. The summed E-state index contributed by atoms with van der Waals surface area (Å²) in [5.74, 6) is 0. The summed E-state index contributed by atoms with van der Waals surface area (Å²) in [6, 6.07) is 4.07. The fourth-order valence-electron chi connectivity index (χ4n) is 0.523. The van der Waals surface area contributed by atoms with Gasteiger partial charge in [0.25, 0.3) is 0 Å². The van der Waals surface area contributed by atoms with Gasteiger partial charge in [-0.25, -0.2) is 0 Å². The fraction of sp³-hybridized carbons (Fsp3) is 0. The minimum absolute atomic E-state index is 0. The van der Waals surface area contributed by atoms with E-state index in [1.54, 1.807) is 22.7 Å². The number of thiophene rings is 2. The molecule has 0 fully saturated rings. The predicted octanol–water partition coefficient (Wildman–Crippen LogP) is 5.78. The van der Waals surface area contributed by atoms with Crippen molar-refractivity contribution in [2.24, 2.45) is 0 Å². The monoisotopic (exact) mass is 470 g/mol. The molecule has 0 aliphatic heterocycles. The van der Waals surface area contributed by atoms with E-state index in [0.717, 1.165) is 0 Å². The van der Waals surface area contributed by atoms with E-state index in [9.17, 15) is 0 Å². The molecule has 2 aromatic heterocycles. The molecule has 14 heavy (non-hydrogen) atoms. The summed E-state index contributed by atoms with van der Waals surface area (Å²) in [5.41, 5.74) is 0. The van der Waals surface area contributed by atoms with Gasteiger partial charge in [-0.3, -0.25) is 4.70 Å². The number of hydrogen-bond donors (Lipinski definition) is 0. The van der Waals surface area contributed by atoms with Gasteiger partial charge in [0, 0.05) is 14.3 Å². The second kappa shape index (κ2) is 8.20. The van der Waals surface area contributed by atoms with E-state index in [1.807, 2.05) is 22.9 Å². The second-order valence-electron chi connectivity index (χ2n) is 1.98. The van der Waals surface area contributed by atoms with Gasteiger partial charge in [0.15, 0.2) is 0 Å². The van der Waals surface area contributed by atoms with Crippen LogP contribution in [0.2, 0.25) is 0 Å². The lowest BCUT2D eigenvalue weighted by atomic mass is 10.7. The Balaban J connectivity index is 0.000000227. The molecule has 0 nitrogen and oxygen atoms in total. The van der Waals surface area contributed by atoms with Crippen LogP contribution in [0.4, 0.5) is 4.70 Å². The first-order valence-electron chi connectivity index (χ1n) is 3.26. The topological polar surface area (TPSA) is 0 Å². The highest BCUT2D eigenvalue weighted by molar-refractivity contribution is 14.1. The van der Waals surface area contributed by atoms with Gasteiger partial charge in [0.05, 0.1) is 2.88 Å². The van der Waals surface area contributed by atoms with Crippen LogP contribution in [-0.4, -0.2) is 0 Å². The lowest BCUT2D eigenvalue weighted by molar-refractivity contribution is 1.11. The summed E-state index contributed by atoms with van der Waals surface area (Å²) in [6.07, 6.45) is 0. The maximum Gasteiger partial charge on any atom is 0.0795 e. The molecule has 0 radical (unpaired) electrons. The Bertz CT molecular complexity index is 331. The van der Waals surface area contributed by atoms with E-state index in [4.69, 9.17) is 0 Å². The van der Waals surface area contributed by atoms with Crippen molar-refractivity contribution in [3.63, 3.8) is 0 Å². The summed E-state index contributed by atoms with van der Waals surface area (Å²) in [4.78, 5) is 0. The van der Waals surface area contributed by atoms with Crippen molar-refractivity contribution in [3.05, 3.63) is 40.1 Å². The molecule has 0 saturated carbocycles. The molecule has 0 amide bonds. The molecule has 78 valence electrons. The largest absolute Gasteiger partial charge is 0.269 e. The van der Waals surface area contributed by atoms with E-state index in [0.29, 0.717) is 0 Å². The highest BCUT2D eigenvalue weighted by Gasteiger charge is 1.91. The Hall–Kier alpha value is 1.02. The number of rotatable bonds is 0. The Morgan fingerprint density at radius 3 is 2.00 bits per heavy atom. The zero-order valence-corrected chi connectivity index (χ0v) is 13.7. The zero-order valence-electron chi connectivity index (χ0n) is 6.75. The standard InChI is InChI=1S/C4H2BrIS.C4H3BrS.FH/c5-3-1-2-7-4(3)6;5-4-1-2-6-3-4;/h1-2H;1-3H;1H. The average Bonchev–Trinajstić information content (AvgIpc) is 2.67. The van der Waals surface area contributed by atoms with E-state index in [2.05, 4.69) is 59.8 Å². The first-order valence-corrected chi connectivity index (χ1v) is 7.75. The Labute approximate surface area is 121 Å². The lowest BCUT2D eigenvalue weighted by Gasteiger charge is -1.74. The normalized spacial score (nSPS) is 8.50. The summed E-state index contributed by atoms with van der Waals surface area (Å²) in [6.45, 7) is 0. The molecule has 0 aliphatic rings. The maximum absolute atomic E-state index is 3.37. The third-order valence-electron chi connectivity index (χ3n) is 1.06. The highest BCUT2D eigenvalue weighted by Crippen LogP contribution is 2.23. The van der Waals surface area contributed by atoms with Gasteiger partial charge in [-0.2, -0.15) is 11.3 Å². The minimum atomic E-state index is 0. The molecule has 0 N–H and O–H groups in total. The van der Waals surface area contributed by atoms with Crippen LogP contribution >= 0.6 is 77.1 Å². The molecule has 2 heterocycles. The molecule has 0 bridgehead atoms. The SMILES string of the molecule is Brc1ccsc1.Brc1ccsc1I.F. The number of halogens is 4. The highest BCUT2D eigenvalue weighted by atomic mass is 127. The molecule has 0 unspecified atom stereocenters. The van der Waals surface area contributed by atoms with Crippen LogP contribution in [0.25, 0.3) is 0 Å². The third-order valence-corrected chi connectivity index (χ3v) is 6.25. The van der Waals surface area contributed by atoms with Crippen molar-refractivity contribution in [2.75, 3.05) is 0 Å². The van der Waals surface area contributed by atoms with E-state index < -0.39 is 0 Å². The predicted molar refractivity (Wildman–Crippen MR) is 79.3 cm³/mol. The molecular formula is C8H6Br2FIS2. The quantitative estimate of drug-likeness (QED) is 0.427. The van der Waals surface area contributed by atoms with Crippen molar-refractivity contribution in [1.82, 2.24) is 0 Å². The first-order chi connectivity index (χ1) is 6.20. The molecular weight excluding hydrogens is 466 g/mol. The van der Waals surface area contributed by atoms with E-state index in [1.165, 1.54) is 11.8 Å². The third kappa shape index (κ3) is 5.79. The van der Waals surface area contributed by atoms with Gasteiger partial charge < -0.3 is 0 Å². The summed E-state index contributed by atoms with van der Waals surface area (Å²) in [5, 5.41) is 6.13. The molecule has 2 aromatic rings. The molecule has 0 saturated heterocycles. The Morgan fingerprint density at radius 2 is 1.86 bits per heavy atom. The van der Waals surface area contributed by atoms with Gasteiger partial charge in [-0.15, -0.1) is 11.3 Å². The first kappa shape index (κ1) is 15.0. The van der Waals surface area contributed by atoms with Gasteiger partial charge in [0.1, 0.15) is 0 Å². The van der Waals surface area contributed by atoms with Crippen LogP contribution in [0.1, 0.15) is 0 Å². The zero-order chi connectivity index (χ0) is 9.68. The van der Waals surface area contributed by atoms with Crippen LogP contribution in [0.3, 0.4) is 0 Å². The van der Waals surface area contributed by atoms with Gasteiger partial charge in [0.2, 0.25) is 0 Å². The van der Waals surface area contributed by atoms with E-state index >= 15 is 0 Å². The maximum atomic E-state index is 3.37. The van der Waals surface area contributed by atoms with Gasteiger partial charge in [-0.1, -0.05) is 0 Å². The summed E-state index contributed by atoms with van der Waals surface area (Å²) in [7, 11) is 0. The Kier molecular flexibility index (Phi) is 8.80. The Morgan fingerprint density at radius 1 is 1.14 bits per heavy atom. The van der Waals surface area contributed by atoms with E-state index in [-0.39, 0.29) is 4.70 Å². The fourth-order valence-corrected chi connectivity index (χ4v) is 3.38. The molecule has 2 rings (SSSR count). The average molecular weight is 472 g/mol. The molecule has 6 heteroatoms. The van der Waals surface area contributed by atoms with Gasteiger partial charge in [-0.05, 0) is 77.3 Å². The van der Waals surface area contributed by atoms with Crippen LogP contribution < -0.4 is 0 Å². The summed E-state index contributed by atoms with van der Waals surface area (Å²) >= 11 is 12.4. The van der Waals surface area contributed by atoms with Crippen LogP contribution in [0.5, 0.6) is 0 Å². The summed E-state index contributed by atoms with van der Waals surface area (Å²) < 4.78 is 3.70. The molecule has 0 spiro atoms. The number of hydrogen-bond acceptors (Lipinski definition) is 2. The van der Waals surface area contributed by atoms with Gasteiger partial charge >= 0.3 is 0 Å². The van der Waals surface area contributed by atoms with Crippen LogP contribution in [-0.2, 0) is 0 Å². The minimum Gasteiger partial charge on any atom is -0.269 e. The van der Waals surface area contributed by atoms with Crippen LogP contribution in [0, 0.1) is 2.88 Å². The van der Waals surface area contributed by atoms with Crippen molar-refractivity contribution >= 4 is 77.1 Å². The van der Waals surface area contributed by atoms with Crippen molar-refractivity contribution < 1.29 is 4.70 Å². The molecule has 0 aliphatic carbocycles. The smallest absolute Gasteiger partial charge is 0.0795 e. The van der Waals surface area contributed by atoms with Crippen molar-refractivity contribution in [2.45, 2.75) is 0 Å².